The second-order valence-electron chi connectivity index (χ2n) is 24.0. The molecule has 6 aliphatic heterocycles. The van der Waals surface area contributed by atoms with Crippen LogP contribution >= 0.6 is 0 Å². The molecule has 10 rings (SSSR count). The summed E-state index contributed by atoms with van der Waals surface area (Å²) >= 11 is 0. The van der Waals surface area contributed by atoms with Crippen LogP contribution in [0.1, 0.15) is 51.7 Å². The quantitative estimate of drug-likeness (QED) is 0.0232. The highest BCUT2D eigenvalue weighted by atomic mass is 32.2. The Balaban J connectivity index is 0.000000233. The van der Waals surface area contributed by atoms with Gasteiger partial charge in [0.05, 0.1) is 78.9 Å². The van der Waals surface area contributed by atoms with E-state index in [1.165, 1.54) is 59.1 Å². The molecule has 0 aromatic heterocycles. The SMILES string of the molecule is CC(C)CN(C[C@@H](O)[C@H](Cc1ccc(OCCN)cc1)NC(=O)O[C@H]1CO[C@H]2OCC[C@H]21)S(=O)(=O)c1ccc2c(c1)OCO2.CN=C=O.CNC(=O)NCCOc1ccc(C[C@H](NC(=O)O[C@H]2CO[C@H]3OCC[C@H]32)[C@H](O)CN(CC(C)C)S(=O)(=O)c2ccc3c(c2)OCO3)cc1. The molecule has 4 fully saturated rings. The Morgan fingerprint density at radius 3 is 1.44 bits per heavy atom. The third-order valence-electron chi connectivity index (χ3n) is 16.0. The molecule has 6 heterocycles. The van der Waals surface area contributed by atoms with E-state index >= 15 is 0 Å². The topological polar surface area (TPSA) is 381 Å². The number of urea groups is 1. The van der Waals surface area contributed by atoms with Crippen molar-refractivity contribution in [1.82, 2.24) is 29.9 Å². The van der Waals surface area contributed by atoms with Gasteiger partial charge in [-0.15, -0.1) is 0 Å². The van der Waals surface area contributed by atoms with Gasteiger partial charge in [0.2, 0.25) is 39.7 Å². The van der Waals surface area contributed by atoms with E-state index in [9.17, 15) is 41.4 Å². The van der Waals surface area contributed by atoms with E-state index in [0.717, 1.165) is 17.5 Å². The fraction of sp³-hybridized carbons (Fsp3) is 0.562. The number of amides is 4. The first-order chi connectivity index (χ1) is 46.1. The molecule has 0 unspecified atom stereocenters. The maximum absolute atomic E-state index is 13.9. The number of aliphatic imine (C=N–C) groups is 1. The van der Waals surface area contributed by atoms with E-state index in [0.29, 0.717) is 73.8 Å². The summed E-state index contributed by atoms with van der Waals surface area (Å²) in [6.07, 6.45) is -2.80. The van der Waals surface area contributed by atoms with Crippen molar-refractivity contribution in [2.45, 2.75) is 112 Å². The number of carbonyl (C=O) groups is 3. The lowest BCUT2D eigenvalue weighted by Gasteiger charge is -2.31. The third-order valence-corrected chi connectivity index (χ3v) is 19.7. The van der Waals surface area contributed by atoms with Crippen molar-refractivity contribution in [2.75, 3.05) is 107 Å². The molecule has 96 heavy (non-hydrogen) atoms. The highest BCUT2D eigenvalue weighted by Gasteiger charge is 2.46. The fourth-order valence-electron chi connectivity index (χ4n) is 11.3. The van der Waals surface area contributed by atoms with E-state index in [1.54, 1.807) is 42.5 Å². The molecule has 528 valence electrons. The van der Waals surface area contributed by atoms with Crippen LogP contribution in [-0.2, 0) is 66.1 Å². The Kier molecular flexibility index (Phi) is 27.5. The maximum Gasteiger partial charge on any atom is 0.407 e. The molecule has 0 aliphatic carbocycles. The Bertz CT molecular complexity index is 3460. The smallest absolute Gasteiger partial charge is 0.407 e. The van der Waals surface area contributed by atoms with Gasteiger partial charge in [-0.2, -0.15) is 8.61 Å². The Hall–Kier alpha value is -7.59. The molecule has 0 bridgehead atoms. The first-order valence-electron chi connectivity index (χ1n) is 31.7. The number of nitrogens with two attached hydrogens (primary N) is 1. The van der Waals surface area contributed by atoms with Crippen LogP contribution in [0, 0.1) is 23.7 Å². The molecule has 4 aromatic carbocycles. The van der Waals surface area contributed by atoms with Crippen LogP contribution in [0.3, 0.4) is 0 Å². The van der Waals surface area contributed by atoms with Crippen LogP contribution in [0.5, 0.6) is 34.5 Å². The lowest BCUT2D eigenvalue weighted by molar-refractivity contribution is -0.0909. The number of nitrogens with one attached hydrogen (secondary N) is 4. The van der Waals surface area contributed by atoms with Gasteiger partial charge in [-0.25, -0.2) is 41.0 Å². The van der Waals surface area contributed by atoms with Gasteiger partial charge in [-0.3, -0.25) is 0 Å². The number of rotatable bonds is 29. The molecule has 6 aliphatic rings. The predicted octanol–water partition coefficient (Wildman–Crippen LogP) is 3.64. The van der Waals surface area contributed by atoms with Crippen molar-refractivity contribution in [3.05, 3.63) is 96.1 Å². The number of hydrogen-bond donors (Lipinski definition) is 7. The number of fused-ring (bicyclic) bond motifs is 4. The van der Waals surface area contributed by atoms with E-state index in [1.807, 2.05) is 39.8 Å². The van der Waals surface area contributed by atoms with Crippen molar-refractivity contribution in [3.8, 4) is 34.5 Å². The van der Waals surface area contributed by atoms with Crippen molar-refractivity contribution >= 4 is 44.3 Å². The Morgan fingerprint density at radius 1 is 0.625 bits per heavy atom. The zero-order chi connectivity index (χ0) is 68.9. The van der Waals surface area contributed by atoms with Gasteiger partial charge in [0.15, 0.2) is 35.6 Å². The lowest BCUT2D eigenvalue weighted by Crippen LogP contribution is -2.51. The molecule has 30 nitrogen and oxygen atoms in total. The molecule has 32 heteroatoms. The number of alkyl carbamates (subject to hydrolysis) is 2. The summed E-state index contributed by atoms with van der Waals surface area (Å²) in [7, 11) is -5.23. The standard InChI is InChI=1S/C32H44N4O11S.C30H41N3O10S.C2H3NO/c1-20(2)16-36(48(40,41)23-8-9-27-28(15-23)46-19-45-27)17-26(37)25(35-32(39)47-29-18-44-30-24(29)10-12-43-30)14-21-4-6-22(7-5-21)42-13-11-34-31(38)33-3;1-19(2)15-33(44(36,37)22-7-8-26-27(14-22)42-18-41-26)16-25(34)24(13-20-3-5-21(6-4-20)38-12-10-31)32-30(35)43-28-17-40-29-23(28)9-11-39-29;1-3-2-4/h4-9,15,20,24-26,29-30,37H,10-14,16-19H2,1-3H3,(H,35,39)(H2,33,34,38);3-8,14,19,23-25,28-29,34H,9-13,15-18,31H2,1-2H3,(H,32,35);1H3/t24-,25-,26+,29-,30+;23-,24-,25+,28-,29+;/m00./s1. The van der Waals surface area contributed by atoms with Gasteiger partial charge in [0, 0.05) is 59.0 Å². The second kappa shape index (κ2) is 35.6. The molecule has 8 N–H and O–H groups in total. The van der Waals surface area contributed by atoms with Crippen LogP contribution in [0.4, 0.5) is 14.4 Å². The highest BCUT2D eigenvalue weighted by Crippen LogP contribution is 2.38. The largest absolute Gasteiger partial charge is 0.492 e. The third kappa shape index (κ3) is 20.7. The molecular weight excluding hydrogens is 1300 g/mol. The van der Waals surface area contributed by atoms with Crippen molar-refractivity contribution in [3.63, 3.8) is 0 Å². The number of benzene rings is 4. The molecular formula is C64H88N8O22S2. The number of carbonyl (C=O) groups excluding carboxylic acids is 4. The average Bonchev–Trinajstić information content (AvgIpc) is 1.22. The molecule has 4 aromatic rings. The van der Waals surface area contributed by atoms with Gasteiger partial charge < -0.3 is 94.1 Å². The molecule has 0 spiro atoms. The number of ether oxygens (including phenoxy) is 12. The number of hydrogen-bond acceptors (Lipinski definition) is 24. The summed E-state index contributed by atoms with van der Waals surface area (Å²) in [5.41, 5.74) is 7.06. The number of isocyanates is 1. The zero-order valence-corrected chi connectivity index (χ0v) is 56.2. The summed E-state index contributed by atoms with van der Waals surface area (Å²) in [5.74, 6) is 2.52. The number of aliphatic hydroxyl groups is 2. The summed E-state index contributed by atoms with van der Waals surface area (Å²) in [6.45, 7) is 10.0. The zero-order valence-electron chi connectivity index (χ0n) is 54.5. The first kappa shape index (κ1) is 74.2. The normalized spacial score (nSPS) is 20.9. The van der Waals surface area contributed by atoms with Gasteiger partial charge in [0.25, 0.3) is 0 Å². The van der Waals surface area contributed by atoms with Crippen molar-refractivity contribution in [2.24, 2.45) is 34.4 Å². The molecule has 10 atom stereocenters. The summed E-state index contributed by atoms with van der Waals surface area (Å²) in [5, 5.41) is 33.8. The van der Waals surface area contributed by atoms with E-state index in [-0.39, 0.29) is 118 Å². The number of aliphatic hydroxyl groups excluding tert-OH is 2. The summed E-state index contributed by atoms with van der Waals surface area (Å²) in [4.78, 5) is 49.5. The minimum Gasteiger partial charge on any atom is -0.492 e. The van der Waals surface area contributed by atoms with E-state index in [4.69, 9.17) is 67.4 Å². The minimum atomic E-state index is -4.08. The van der Waals surface area contributed by atoms with Crippen LogP contribution in [0.15, 0.2) is 99.7 Å². The average molecular weight is 1390 g/mol. The van der Waals surface area contributed by atoms with Gasteiger partial charge in [-0.05, 0) is 97.2 Å². The maximum atomic E-state index is 13.9. The Morgan fingerprint density at radius 2 is 1.04 bits per heavy atom. The molecule has 0 saturated carbocycles. The predicted molar refractivity (Wildman–Crippen MR) is 343 cm³/mol. The van der Waals surface area contributed by atoms with Gasteiger partial charge in [-0.1, -0.05) is 52.0 Å². The number of sulfonamides is 2. The van der Waals surface area contributed by atoms with Gasteiger partial charge >= 0.3 is 18.2 Å². The lowest BCUT2D eigenvalue weighted by atomic mass is 10.0. The van der Waals surface area contributed by atoms with E-state index in [2.05, 4.69) is 26.3 Å². The highest BCUT2D eigenvalue weighted by molar-refractivity contribution is 7.89. The van der Waals surface area contributed by atoms with Crippen LogP contribution in [0.2, 0.25) is 0 Å². The summed E-state index contributed by atoms with van der Waals surface area (Å²) < 4.78 is 124. The first-order valence-corrected chi connectivity index (χ1v) is 34.6. The monoisotopic (exact) mass is 1380 g/mol. The number of nitrogens with zero attached hydrogens (tertiary/aromatic N) is 3. The Labute approximate surface area is 558 Å². The van der Waals surface area contributed by atoms with Gasteiger partial charge in [0.1, 0.15) is 36.9 Å². The molecule has 0 radical (unpaired) electrons. The summed E-state index contributed by atoms with van der Waals surface area (Å²) in [6, 6.07) is 20.9. The minimum absolute atomic E-state index is 0.000108. The van der Waals surface area contributed by atoms with Crippen LogP contribution in [-0.4, -0.2) is 216 Å². The van der Waals surface area contributed by atoms with Crippen molar-refractivity contribution in [1.29, 1.82) is 0 Å². The van der Waals surface area contributed by atoms with Crippen LogP contribution < -0.4 is 55.4 Å². The second-order valence-corrected chi connectivity index (χ2v) is 27.9. The van der Waals surface area contributed by atoms with Crippen LogP contribution in [0.25, 0.3) is 0 Å². The van der Waals surface area contributed by atoms with E-state index < -0.39 is 75.0 Å². The molecule has 4 amide bonds. The molecule has 4 saturated heterocycles. The fourth-order valence-corrected chi connectivity index (χ4v) is 14.5. The van der Waals surface area contributed by atoms with Crippen molar-refractivity contribution < 1.29 is 103 Å².